The number of alkyl halides is 6. The Morgan fingerprint density at radius 2 is 1.52 bits per heavy atom. The van der Waals surface area contributed by atoms with E-state index in [9.17, 15) is 26.3 Å². The van der Waals surface area contributed by atoms with Crippen LogP contribution >= 0.6 is 0 Å². The number of halogens is 6. The first-order valence-corrected chi connectivity index (χ1v) is 6.68. The van der Waals surface area contributed by atoms with Gasteiger partial charge in [0.15, 0.2) is 0 Å². The molecule has 25 heavy (non-hydrogen) atoms. The summed E-state index contributed by atoms with van der Waals surface area (Å²) in [5.41, 5.74) is -3.29. The molecule has 0 aliphatic rings. The molecule has 0 aliphatic heterocycles. The molecule has 0 N–H and O–H groups in total. The van der Waals surface area contributed by atoms with Crippen LogP contribution in [0.25, 0.3) is 5.76 Å². The quantitative estimate of drug-likeness (QED) is 0.526. The first kappa shape index (κ1) is 18.4. The monoisotopic (exact) mass is 357 g/mol. The van der Waals surface area contributed by atoms with Crippen LogP contribution in [0.15, 0.2) is 49.0 Å². The van der Waals surface area contributed by atoms with Gasteiger partial charge in [0.1, 0.15) is 11.5 Å². The number of ether oxygens (including phenoxy) is 1. The van der Waals surface area contributed by atoms with Crippen molar-refractivity contribution in [2.75, 3.05) is 0 Å². The molecule has 2 rings (SSSR count). The summed E-state index contributed by atoms with van der Waals surface area (Å²) < 4.78 is 82.8. The minimum absolute atomic E-state index is 0.381. The summed E-state index contributed by atoms with van der Waals surface area (Å²) in [5.74, 6) is -0.848. The molecular weight excluding hydrogens is 348 g/mol. The van der Waals surface area contributed by atoms with Gasteiger partial charge in [-0.25, -0.2) is 0 Å². The van der Waals surface area contributed by atoms with E-state index in [0.717, 1.165) is 24.3 Å². The predicted octanol–water partition coefficient (Wildman–Crippen LogP) is 5.65. The molecule has 0 aromatic heterocycles. The minimum Gasteiger partial charge on any atom is -0.457 e. The molecule has 0 spiro atoms. The van der Waals surface area contributed by atoms with E-state index in [0.29, 0.717) is 6.07 Å². The van der Waals surface area contributed by atoms with Crippen molar-refractivity contribution in [1.29, 1.82) is 5.26 Å². The molecule has 0 saturated heterocycles. The van der Waals surface area contributed by atoms with Crippen molar-refractivity contribution in [2.45, 2.75) is 12.4 Å². The highest BCUT2D eigenvalue weighted by Gasteiger charge is 2.35. The number of hydrogen-bond acceptors (Lipinski definition) is 2. The molecule has 0 fully saturated rings. The van der Waals surface area contributed by atoms with Crippen molar-refractivity contribution in [1.82, 2.24) is 0 Å². The van der Waals surface area contributed by atoms with Crippen molar-refractivity contribution in [2.24, 2.45) is 0 Å². The Morgan fingerprint density at radius 3 is 2.08 bits per heavy atom. The molecule has 0 amide bonds. The van der Waals surface area contributed by atoms with E-state index in [1.54, 1.807) is 0 Å². The molecule has 0 heterocycles. The van der Waals surface area contributed by atoms with Gasteiger partial charge in [-0.15, -0.1) is 0 Å². The van der Waals surface area contributed by atoms with Crippen molar-refractivity contribution in [3.8, 4) is 11.8 Å². The molecular formula is C17H9F6NO. The zero-order valence-electron chi connectivity index (χ0n) is 12.4. The van der Waals surface area contributed by atoms with Crippen molar-refractivity contribution < 1.29 is 31.1 Å². The molecule has 130 valence electrons. The van der Waals surface area contributed by atoms with Crippen LogP contribution in [0.5, 0.6) is 5.75 Å². The standard InChI is InChI=1S/C17H9F6NO/c1-10(13-4-2-3-5-14(13)16(18,19)20)25-12-7-6-11(9-24)15(8-12)17(21,22)23/h2-8H,1H2. The average Bonchev–Trinajstić information content (AvgIpc) is 2.53. The largest absolute Gasteiger partial charge is 0.457 e. The Morgan fingerprint density at radius 1 is 0.920 bits per heavy atom. The molecule has 0 unspecified atom stereocenters. The Kier molecular flexibility index (Phi) is 4.79. The fraction of sp³-hybridized carbons (Fsp3) is 0.118. The second-order valence-corrected chi connectivity index (χ2v) is 4.89. The normalized spacial score (nSPS) is 11.7. The lowest BCUT2D eigenvalue weighted by atomic mass is 10.1. The van der Waals surface area contributed by atoms with Crippen molar-refractivity contribution >= 4 is 5.76 Å². The molecule has 0 radical (unpaired) electrons. The van der Waals surface area contributed by atoms with Crippen LogP contribution in [-0.4, -0.2) is 0 Å². The third-order valence-electron chi connectivity index (χ3n) is 3.19. The minimum atomic E-state index is -4.81. The Bertz CT molecular complexity index is 845. The van der Waals surface area contributed by atoms with Crippen LogP contribution in [-0.2, 0) is 12.4 Å². The summed E-state index contributed by atoms with van der Waals surface area (Å²) >= 11 is 0. The summed E-state index contributed by atoms with van der Waals surface area (Å²) in [4.78, 5) is 0. The zero-order chi connectivity index (χ0) is 18.8. The second-order valence-electron chi connectivity index (χ2n) is 4.89. The predicted molar refractivity (Wildman–Crippen MR) is 77.3 cm³/mol. The van der Waals surface area contributed by atoms with Gasteiger partial charge < -0.3 is 4.74 Å². The van der Waals surface area contributed by atoms with E-state index >= 15 is 0 Å². The second kappa shape index (κ2) is 6.51. The smallest absolute Gasteiger partial charge is 0.417 e. The highest BCUT2D eigenvalue weighted by atomic mass is 19.4. The maximum Gasteiger partial charge on any atom is 0.417 e. The first-order chi connectivity index (χ1) is 11.5. The van der Waals surface area contributed by atoms with E-state index in [2.05, 4.69) is 6.58 Å². The fourth-order valence-electron chi connectivity index (χ4n) is 2.09. The first-order valence-electron chi connectivity index (χ1n) is 6.68. The van der Waals surface area contributed by atoms with Crippen LogP contribution in [0, 0.1) is 11.3 Å². The number of rotatable bonds is 3. The van der Waals surface area contributed by atoms with Gasteiger partial charge in [0.2, 0.25) is 0 Å². The SMILES string of the molecule is C=C(Oc1ccc(C#N)c(C(F)(F)F)c1)c1ccccc1C(F)(F)F. The molecule has 0 atom stereocenters. The third-order valence-corrected chi connectivity index (χ3v) is 3.19. The summed E-state index contributed by atoms with van der Waals surface area (Å²) in [5, 5.41) is 8.73. The number of benzene rings is 2. The maximum absolute atomic E-state index is 13.0. The van der Waals surface area contributed by atoms with Gasteiger partial charge in [-0.2, -0.15) is 31.6 Å². The van der Waals surface area contributed by atoms with Gasteiger partial charge in [0.05, 0.1) is 22.8 Å². The Balaban J connectivity index is 2.39. The lowest BCUT2D eigenvalue weighted by molar-refractivity contribution is -0.138. The summed E-state index contributed by atoms with van der Waals surface area (Å²) in [6.07, 6.45) is -9.49. The van der Waals surface area contributed by atoms with E-state index in [1.165, 1.54) is 18.2 Å². The average molecular weight is 357 g/mol. The molecule has 2 aromatic carbocycles. The lowest BCUT2D eigenvalue weighted by Gasteiger charge is -2.16. The van der Waals surface area contributed by atoms with Gasteiger partial charge in [0, 0.05) is 5.56 Å². The molecule has 0 bridgehead atoms. The molecule has 0 aliphatic carbocycles. The molecule has 0 saturated carbocycles. The topological polar surface area (TPSA) is 33.0 Å². The van der Waals surface area contributed by atoms with Gasteiger partial charge in [-0.3, -0.25) is 0 Å². The summed E-state index contributed by atoms with van der Waals surface area (Å²) in [6.45, 7) is 3.36. The fourth-order valence-corrected chi connectivity index (χ4v) is 2.09. The van der Waals surface area contributed by atoms with Crippen LogP contribution < -0.4 is 4.74 Å². The van der Waals surface area contributed by atoms with Gasteiger partial charge in [-0.05, 0) is 24.3 Å². The molecule has 2 nitrogen and oxygen atoms in total. The zero-order valence-corrected chi connectivity index (χ0v) is 12.4. The highest BCUT2D eigenvalue weighted by Crippen LogP contribution is 2.37. The van der Waals surface area contributed by atoms with Crippen molar-refractivity contribution in [3.63, 3.8) is 0 Å². The van der Waals surface area contributed by atoms with E-state index < -0.39 is 40.4 Å². The number of nitriles is 1. The Labute approximate surface area is 138 Å². The van der Waals surface area contributed by atoms with Gasteiger partial charge in [0.25, 0.3) is 0 Å². The summed E-state index contributed by atoms with van der Waals surface area (Å²) in [6, 6.07) is 8.26. The molecule has 2 aromatic rings. The highest BCUT2D eigenvalue weighted by molar-refractivity contribution is 5.64. The van der Waals surface area contributed by atoms with Crippen LogP contribution in [0.2, 0.25) is 0 Å². The Hall–Kier alpha value is -2.95. The van der Waals surface area contributed by atoms with Crippen LogP contribution in [0.1, 0.15) is 22.3 Å². The summed E-state index contributed by atoms with van der Waals surface area (Å²) in [7, 11) is 0. The van der Waals surface area contributed by atoms with Crippen molar-refractivity contribution in [3.05, 3.63) is 71.3 Å². The maximum atomic E-state index is 13.0. The van der Waals surface area contributed by atoms with Gasteiger partial charge in [-0.1, -0.05) is 24.8 Å². The molecule has 8 heteroatoms. The van der Waals surface area contributed by atoms with E-state index in [-0.39, 0.29) is 5.75 Å². The third kappa shape index (κ3) is 4.12. The lowest BCUT2D eigenvalue weighted by Crippen LogP contribution is -2.11. The van der Waals surface area contributed by atoms with E-state index in [4.69, 9.17) is 10.00 Å². The number of hydrogen-bond donors (Lipinski definition) is 0. The number of nitrogens with zero attached hydrogens (tertiary/aromatic N) is 1. The van der Waals surface area contributed by atoms with Gasteiger partial charge >= 0.3 is 12.4 Å². The van der Waals surface area contributed by atoms with Crippen LogP contribution in [0.4, 0.5) is 26.3 Å². The van der Waals surface area contributed by atoms with Crippen LogP contribution in [0.3, 0.4) is 0 Å². The van der Waals surface area contributed by atoms with E-state index in [1.807, 2.05) is 0 Å².